The zero-order valence-electron chi connectivity index (χ0n) is 10.4. The fourth-order valence-electron chi connectivity index (χ4n) is 2.54. The average Bonchev–Trinajstić information content (AvgIpc) is 2.83. The maximum atomic E-state index is 11.8. The van der Waals surface area contributed by atoms with Gasteiger partial charge in [0, 0.05) is 12.5 Å². The number of rotatable bonds is 5. The molecule has 0 heterocycles. The molecule has 4 heteroatoms. The summed E-state index contributed by atoms with van der Waals surface area (Å²) < 4.78 is 0. The maximum Gasteiger partial charge on any atom is 0.306 e. The Hall–Kier alpha value is -1.06. The second kappa shape index (κ2) is 4.67. The van der Waals surface area contributed by atoms with Gasteiger partial charge < -0.3 is 10.4 Å². The highest BCUT2D eigenvalue weighted by molar-refractivity contribution is 5.80. The largest absolute Gasteiger partial charge is 0.481 e. The van der Waals surface area contributed by atoms with Gasteiger partial charge in [0.25, 0.3) is 0 Å². The van der Waals surface area contributed by atoms with E-state index in [0.717, 1.165) is 19.4 Å². The molecule has 2 fully saturated rings. The second-order valence-corrected chi connectivity index (χ2v) is 5.90. The lowest BCUT2D eigenvalue weighted by molar-refractivity contribution is -0.141. The van der Waals surface area contributed by atoms with Crippen LogP contribution in [0.15, 0.2) is 0 Å². The molecule has 0 aliphatic heterocycles. The van der Waals surface area contributed by atoms with Gasteiger partial charge >= 0.3 is 5.97 Å². The first kappa shape index (κ1) is 12.4. The van der Waals surface area contributed by atoms with Crippen molar-refractivity contribution < 1.29 is 14.7 Å². The zero-order valence-corrected chi connectivity index (χ0v) is 10.4. The van der Waals surface area contributed by atoms with Gasteiger partial charge in [0.15, 0.2) is 0 Å². The number of carbonyl (C=O) groups is 2. The smallest absolute Gasteiger partial charge is 0.306 e. The van der Waals surface area contributed by atoms with Crippen LogP contribution in [0, 0.1) is 17.3 Å². The minimum Gasteiger partial charge on any atom is -0.481 e. The standard InChI is InChI=1S/C13H21NO3/c1-13(4-5-13)6-7-14-11(15)9-2-3-10(8-9)12(16)17/h9-10H,2-8H2,1H3,(H,14,15)(H,16,17)/t9-,10+/m1/s1. The number of aliphatic carboxylic acids is 1. The van der Waals surface area contributed by atoms with E-state index in [1.54, 1.807) is 0 Å². The van der Waals surface area contributed by atoms with E-state index >= 15 is 0 Å². The molecule has 0 aromatic carbocycles. The van der Waals surface area contributed by atoms with Crippen LogP contribution in [0.2, 0.25) is 0 Å². The molecular formula is C13H21NO3. The van der Waals surface area contributed by atoms with E-state index in [1.165, 1.54) is 12.8 Å². The highest BCUT2D eigenvalue weighted by atomic mass is 16.4. The van der Waals surface area contributed by atoms with E-state index in [2.05, 4.69) is 12.2 Å². The second-order valence-electron chi connectivity index (χ2n) is 5.90. The van der Waals surface area contributed by atoms with Crippen LogP contribution in [-0.2, 0) is 9.59 Å². The molecule has 2 rings (SSSR count). The van der Waals surface area contributed by atoms with Crippen molar-refractivity contribution in [2.45, 2.75) is 45.4 Å². The first-order chi connectivity index (χ1) is 8.00. The summed E-state index contributed by atoms with van der Waals surface area (Å²) in [6, 6.07) is 0. The summed E-state index contributed by atoms with van der Waals surface area (Å²) >= 11 is 0. The molecule has 2 saturated carbocycles. The Bertz CT molecular complexity index is 323. The SMILES string of the molecule is CC1(CCNC(=O)[C@@H]2CC[C@H](C(=O)O)C2)CC1. The molecule has 0 aromatic rings. The van der Waals surface area contributed by atoms with E-state index in [-0.39, 0.29) is 17.7 Å². The molecule has 2 N–H and O–H groups in total. The lowest BCUT2D eigenvalue weighted by Crippen LogP contribution is -2.31. The molecular weight excluding hydrogens is 218 g/mol. The quantitative estimate of drug-likeness (QED) is 0.768. The first-order valence-electron chi connectivity index (χ1n) is 6.51. The molecule has 0 bridgehead atoms. The van der Waals surface area contributed by atoms with E-state index in [1.807, 2.05) is 0 Å². The summed E-state index contributed by atoms with van der Waals surface area (Å²) in [5.41, 5.74) is 0.465. The van der Waals surface area contributed by atoms with Crippen LogP contribution in [0.4, 0.5) is 0 Å². The Kier molecular flexibility index (Phi) is 3.40. The van der Waals surface area contributed by atoms with Gasteiger partial charge in [0.05, 0.1) is 5.92 Å². The monoisotopic (exact) mass is 239 g/mol. The third-order valence-corrected chi connectivity index (χ3v) is 4.28. The highest BCUT2D eigenvalue weighted by Gasteiger charge is 2.37. The molecule has 0 aromatic heterocycles. The molecule has 0 unspecified atom stereocenters. The van der Waals surface area contributed by atoms with Gasteiger partial charge in [-0.2, -0.15) is 0 Å². The van der Waals surface area contributed by atoms with Crippen molar-refractivity contribution >= 4 is 11.9 Å². The van der Waals surface area contributed by atoms with Crippen LogP contribution < -0.4 is 5.32 Å². The lowest BCUT2D eigenvalue weighted by Gasteiger charge is -2.12. The van der Waals surface area contributed by atoms with E-state index in [4.69, 9.17) is 5.11 Å². The molecule has 0 radical (unpaired) electrons. The van der Waals surface area contributed by atoms with Gasteiger partial charge in [-0.1, -0.05) is 6.92 Å². The lowest BCUT2D eigenvalue weighted by atomic mass is 10.0. The number of carbonyl (C=O) groups excluding carboxylic acids is 1. The topological polar surface area (TPSA) is 66.4 Å². The minimum atomic E-state index is -0.759. The summed E-state index contributed by atoms with van der Waals surface area (Å²) in [7, 11) is 0. The average molecular weight is 239 g/mol. The van der Waals surface area contributed by atoms with Crippen LogP contribution in [-0.4, -0.2) is 23.5 Å². The third-order valence-electron chi connectivity index (χ3n) is 4.28. The molecule has 17 heavy (non-hydrogen) atoms. The van der Waals surface area contributed by atoms with Gasteiger partial charge in [-0.25, -0.2) is 0 Å². The first-order valence-corrected chi connectivity index (χ1v) is 6.51. The Labute approximate surface area is 102 Å². The predicted octanol–water partition coefficient (Wildman–Crippen LogP) is 1.79. The number of nitrogens with one attached hydrogen (secondary N) is 1. The highest BCUT2D eigenvalue weighted by Crippen LogP contribution is 2.47. The molecule has 96 valence electrons. The summed E-state index contributed by atoms with van der Waals surface area (Å²) in [5.74, 6) is -1.10. The summed E-state index contributed by atoms with van der Waals surface area (Å²) in [4.78, 5) is 22.6. The number of hydrogen-bond acceptors (Lipinski definition) is 2. The Morgan fingerprint density at radius 3 is 2.47 bits per heavy atom. The number of amides is 1. The van der Waals surface area contributed by atoms with Crippen molar-refractivity contribution in [3.05, 3.63) is 0 Å². The van der Waals surface area contributed by atoms with Gasteiger partial charge in [0.1, 0.15) is 0 Å². The van der Waals surface area contributed by atoms with Crippen LogP contribution >= 0.6 is 0 Å². The van der Waals surface area contributed by atoms with Crippen LogP contribution in [0.25, 0.3) is 0 Å². The van der Waals surface area contributed by atoms with Crippen molar-refractivity contribution in [2.75, 3.05) is 6.54 Å². The van der Waals surface area contributed by atoms with E-state index in [0.29, 0.717) is 18.3 Å². The molecule has 2 atom stereocenters. The molecule has 0 spiro atoms. The van der Waals surface area contributed by atoms with Crippen LogP contribution in [0.1, 0.15) is 45.4 Å². The molecule has 1 amide bonds. The van der Waals surface area contributed by atoms with E-state index < -0.39 is 5.97 Å². The third kappa shape index (κ3) is 3.20. The van der Waals surface area contributed by atoms with Gasteiger partial charge in [-0.05, 0) is 43.9 Å². The summed E-state index contributed by atoms with van der Waals surface area (Å²) in [6.07, 6.45) is 5.47. The normalized spacial score (nSPS) is 29.9. The minimum absolute atomic E-state index is 0.0537. The predicted molar refractivity (Wildman–Crippen MR) is 63.4 cm³/mol. The molecule has 2 aliphatic rings. The Morgan fingerprint density at radius 1 is 1.29 bits per heavy atom. The molecule has 4 nitrogen and oxygen atoms in total. The van der Waals surface area contributed by atoms with Gasteiger partial charge in [0.2, 0.25) is 5.91 Å². The van der Waals surface area contributed by atoms with Gasteiger partial charge in [-0.3, -0.25) is 9.59 Å². The Balaban J connectivity index is 1.68. The maximum absolute atomic E-state index is 11.8. The fraction of sp³-hybridized carbons (Fsp3) is 0.846. The van der Waals surface area contributed by atoms with Crippen molar-refractivity contribution in [1.29, 1.82) is 0 Å². The van der Waals surface area contributed by atoms with Crippen LogP contribution in [0.3, 0.4) is 0 Å². The molecule has 0 saturated heterocycles. The van der Waals surface area contributed by atoms with Crippen molar-refractivity contribution in [2.24, 2.45) is 17.3 Å². The van der Waals surface area contributed by atoms with Gasteiger partial charge in [-0.15, -0.1) is 0 Å². The molecule has 2 aliphatic carbocycles. The fourth-order valence-corrected chi connectivity index (χ4v) is 2.54. The Morgan fingerprint density at radius 2 is 1.94 bits per heavy atom. The number of carboxylic acids is 1. The van der Waals surface area contributed by atoms with Crippen LogP contribution in [0.5, 0.6) is 0 Å². The van der Waals surface area contributed by atoms with Crippen molar-refractivity contribution in [3.63, 3.8) is 0 Å². The summed E-state index contributed by atoms with van der Waals surface area (Å²) in [6.45, 7) is 2.98. The number of hydrogen-bond donors (Lipinski definition) is 2. The summed E-state index contributed by atoms with van der Waals surface area (Å²) in [5, 5.41) is 11.8. The number of carboxylic acid groups (broad SMARTS) is 1. The van der Waals surface area contributed by atoms with E-state index in [9.17, 15) is 9.59 Å². The van der Waals surface area contributed by atoms with Crippen molar-refractivity contribution in [1.82, 2.24) is 5.32 Å². The zero-order chi connectivity index (χ0) is 12.5. The van der Waals surface area contributed by atoms with Crippen molar-refractivity contribution in [3.8, 4) is 0 Å².